The molecule has 0 aliphatic carbocycles. The number of halogens is 1. The first-order valence-electron chi connectivity index (χ1n) is 9.57. The summed E-state index contributed by atoms with van der Waals surface area (Å²) >= 11 is 1.19. The minimum absolute atomic E-state index is 0.0785. The van der Waals surface area contributed by atoms with Crippen molar-refractivity contribution in [3.63, 3.8) is 0 Å². The van der Waals surface area contributed by atoms with Gasteiger partial charge in [0.1, 0.15) is 17.2 Å². The van der Waals surface area contributed by atoms with Crippen molar-refractivity contribution in [1.29, 1.82) is 0 Å². The quantitative estimate of drug-likeness (QED) is 0.258. The molecular weight excluding hydrogens is 435 g/mol. The number of rotatable bonds is 7. The minimum Gasteiger partial charge on any atom is -0.462 e. The molecule has 0 saturated carbocycles. The Morgan fingerprint density at radius 1 is 1.09 bits per heavy atom. The van der Waals surface area contributed by atoms with Crippen LogP contribution in [0.4, 0.5) is 10.1 Å². The maximum absolute atomic E-state index is 13.2. The second-order valence-corrected chi connectivity index (χ2v) is 7.43. The molecule has 0 unspecified atom stereocenters. The first-order valence-corrected chi connectivity index (χ1v) is 10.6. The SMILES string of the molecule is CCOC(=O)c1ccc(NC(=O)CSc2ncnc3c2nnn3-c2ccc(F)cc2)cc1. The lowest BCUT2D eigenvalue weighted by Gasteiger charge is -2.06. The minimum atomic E-state index is -0.414. The Hall–Kier alpha value is -3.86. The first kappa shape index (κ1) is 21.4. The van der Waals surface area contributed by atoms with Gasteiger partial charge in [0.2, 0.25) is 5.91 Å². The summed E-state index contributed by atoms with van der Waals surface area (Å²) in [5.74, 6) is -0.945. The van der Waals surface area contributed by atoms with Crippen LogP contribution in [0.5, 0.6) is 0 Å². The standard InChI is InChI=1S/C21H17FN6O3S/c1-2-31-21(30)13-3-7-15(8-4-13)25-17(29)11-32-20-18-19(23-12-24-20)28(27-26-18)16-9-5-14(22)6-10-16/h3-10,12H,2,11H2,1H3,(H,25,29). The molecule has 0 saturated heterocycles. The summed E-state index contributed by atoms with van der Waals surface area (Å²) in [5.41, 5.74) is 2.45. The zero-order chi connectivity index (χ0) is 22.5. The van der Waals surface area contributed by atoms with Crippen LogP contribution in [-0.4, -0.2) is 49.2 Å². The molecule has 0 spiro atoms. The van der Waals surface area contributed by atoms with Gasteiger partial charge in [-0.3, -0.25) is 4.79 Å². The molecule has 0 fully saturated rings. The van der Waals surface area contributed by atoms with Crippen molar-refractivity contribution in [2.75, 3.05) is 17.7 Å². The van der Waals surface area contributed by atoms with Gasteiger partial charge in [0, 0.05) is 5.69 Å². The van der Waals surface area contributed by atoms with Gasteiger partial charge in [-0.05, 0) is 55.5 Å². The van der Waals surface area contributed by atoms with Crippen molar-refractivity contribution in [2.45, 2.75) is 11.9 Å². The summed E-state index contributed by atoms with van der Waals surface area (Å²) in [5, 5.41) is 11.5. The number of aromatic nitrogens is 5. The van der Waals surface area contributed by atoms with E-state index >= 15 is 0 Å². The smallest absolute Gasteiger partial charge is 0.338 e. The van der Waals surface area contributed by atoms with E-state index in [1.165, 1.54) is 34.9 Å². The molecule has 11 heteroatoms. The zero-order valence-corrected chi connectivity index (χ0v) is 17.7. The lowest BCUT2D eigenvalue weighted by molar-refractivity contribution is -0.113. The van der Waals surface area contributed by atoms with Crippen LogP contribution in [0, 0.1) is 5.82 Å². The second kappa shape index (κ2) is 9.52. The Kier molecular flexibility index (Phi) is 6.36. The van der Waals surface area contributed by atoms with Gasteiger partial charge in [0.15, 0.2) is 11.2 Å². The average molecular weight is 452 g/mol. The van der Waals surface area contributed by atoms with Crippen molar-refractivity contribution >= 4 is 40.5 Å². The number of fused-ring (bicyclic) bond motifs is 1. The number of hydrogen-bond acceptors (Lipinski definition) is 8. The monoisotopic (exact) mass is 452 g/mol. The van der Waals surface area contributed by atoms with E-state index in [4.69, 9.17) is 4.74 Å². The molecule has 4 rings (SSSR count). The number of thioether (sulfide) groups is 1. The summed E-state index contributed by atoms with van der Waals surface area (Å²) in [7, 11) is 0. The van der Waals surface area contributed by atoms with Crippen molar-refractivity contribution < 1.29 is 18.7 Å². The summed E-state index contributed by atoms with van der Waals surface area (Å²) in [4.78, 5) is 32.5. The van der Waals surface area contributed by atoms with Gasteiger partial charge in [0.25, 0.3) is 0 Å². The number of carbonyl (C=O) groups is 2. The van der Waals surface area contributed by atoms with Crippen LogP contribution in [-0.2, 0) is 9.53 Å². The van der Waals surface area contributed by atoms with Gasteiger partial charge in [-0.1, -0.05) is 17.0 Å². The van der Waals surface area contributed by atoms with E-state index in [2.05, 4.69) is 25.6 Å². The van der Waals surface area contributed by atoms with Crippen molar-refractivity contribution in [2.24, 2.45) is 0 Å². The molecule has 2 aromatic heterocycles. The van der Waals surface area contributed by atoms with Crippen molar-refractivity contribution in [3.05, 3.63) is 66.2 Å². The van der Waals surface area contributed by atoms with E-state index in [0.29, 0.717) is 39.7 Å². The van der Waals surface area contributed by atoms with E-state index in [-0.39, 0.29) is 17.5 Å². The van der Waals surface area contributed by atoms with Gasteiger partial charge < -0.3 is 10.1 Å². The van der Waals surface area contributed by atoms with E-state index in [1.807, 2.05) is 0 Å². The predicted octanol–water partition coefficient (Wildman–Crippen LogP) is 3.26. The maximum atomic E-state index is 13.2. The molecule has 2 aromatic carbocycles. The zero-order valence-electron chi connectivity index (χ0n) is 16.9. The molecule has 2 heterocycles. The van der Waals surface area contributed by atoms with Gasteiger partial charge in [-0.25, -0.2) is 19.2 Å². The Labute approximate surface area is 186 Å². The largest absolute Gasteiger partial charge is 0.462 e. The van der Waals surface area contributed by atoms with Crippen LogP contribution in [0.25, 0.3) is 16.9 Å². The molecule has 0 aliphatic heterocycles. The van der Waals surface area contributed by atoms with Crippen LogP contribution in [0.2, 0.25) is 0 Å². The molecular formula is C21H17FN6O3S. The highest BCUT2D eigenvalue weighted by molar-refractivity contribution is 8.00. The Balaban J connectivity index is 1.42. The van der Waals surface area contributed by atoms with Gasteiger partial charge >= 0.3 is 5.97 Å². The predicted molar refractivity (Wildman–Crippen MR) is 116 cm³/mol. The molecule has 4 aromatic rings. The molecule has 9 nitrogen and oxygen atoms in total. The number of hydrogen-bond donors (Lipinski definition) is 1. The molecule has 1 N–H and O–H groups in total. The lowest BCUT2D eigenvalue weighted by Crippen LogP contribution is -2.14. The van der Waals surface area contributed by atoms with Crippen LogP contribution in [0.1, 0.15) is 17.3 Å². The average Bonchev–Trinajstić information content (AvgIpc) is 3.24. The number of amides is 1. The van der Waals surface area contributed by atoms with Crippen LogP contribution in [0.3, 0.4) is 0 Å². The van der Waals surface area contributed by atoms with E-state index in [0.717, 1.165) is 0 Å². The van der Waals surface area contributed by atoms with E-state index in [1.54, 1.807) is 43.3 Å². The molecule has 0 radical (unpaired) electrons. The molecule has 162 valence electrons. The molecule has 0 atom stereocenters. The summed E-state index contributed by atoms with van der Waals surface area (Å²) in [6, 6.07) is 12.2. The van der Waals surface area contributed by atoms with Gasteiger partial charge in [0.05, 0.1) is 23.6 Å². The maximum Gasteiger partial charge on any atom is 0.338 e. The Morgan fingerprint density at radius 3 is 2.56 bits per heavy atom. The Bertz CT molecular complexity index is 1260. The lowest BCUT2D eigenvalue weighted by atomic mass is 10.2. The molecule has 0 aliphatic rings. The van der Waals surface area contributed by atoms with Crippen LogP contribution < -0.4 is 5.32 Å². The number of esters is 1. The number of nitrogens with zero attached hydrogens (tertiary/aromatic N) is 5. The van der Waals surface area contributed by atoms with Crippen molar-refractivity contribution in [1.82, 2.24) is 25.0 Å². The summed E-state index contributed by atoms with van der Waals surface area (Å²) in [6.45, 7) is 2.03. The third kappa shape index (κ3) is 4.72. The fourth-order valence-electron chi connectivity index (χ4n) is 2.83. The first-order chi connectivity index (χ1) is 15.5. The summed E-state index contributed by atoms with van der Waals surface area (Å²) < 4.78 is 19.6. The highest BCUT2D eigenvalue weighted by atomic mass is 32.2. The highest BCUT2D eigenvalue weighted by Gasteiger charge is 2.15. The van der Waals surface area contributed by atoms with E-state index < -0.39 is 5.97 Å². The number of carbonyl (C=O) groups excluding carboxylic acids is 2. The fraction of sp³-hybridized carbons (Fsp3) is 0.143. The topological polar surface area (TPSA) is 112 Å². The van der Waals surface area contributed by atoms with Crippen molar-refractivity contribution in [3.8, 4) is 5.69 Å². The number of ether oxygens (including phenoxy) is 1. The van der Waals surface area contributed by atoms with Gasteiger partial charge in [-0.2, -0.15) is 4.68 Å². The van der Waals surface area contributed by atoms with Crippen LogP contribution in [0.15, 0.2) is 59.9 Å². The van der Waals surface area contributed by atoms with E-state index in [9.17, 15) is 14.0 Å². The third-order valence-electron chi connectivity index (χ3n) is 4.30. The normalized spacial score (nSPS) is 10.8. The highest BCUT2D eigenvalue weighted by Crippen LogP contribution is 2.24. The van der Waals surface area contributed by atoms with Gasteiger partial charge in [-0.15, -0.1) is 5.10 Å². The molecule has 0 bridgehead atoms. The molecule has 32 heavy (non-hydrogen) atoms. The molecule has 1 amide bonds. The third-order valence-corrected chi connectivity index (χ3v) is 5.27. The number of nitrogens with one attached hydrogen (secondary N) is 1. The van der Waals surface area contributed by atoms with Crippen LogP contribution >= 0.6 is 11.8 Å². The fourth-order valence-corrected chi connectivity index (χ4v) is 3.56. The Morgan fingerprint density at radius 2 is 1.84 bits per heavy atom. The summed E-state index contributed by atoms with van der Waals surface area (Å²) in [6.07, 6.45) is 1.36. The number of anilines is 1. The number of benzene rings is 2. The second-order valence-electron chi connectivity index (χ2n) is 6.46.